The van der Waals surface area contributed by atoms with Gasteiger partial charge in [-0.05, 0) is 45.2 Å². The van der Waals surface area contributed by atoms with Gasteiger partial charge in [0.25, 0.3) is 0 Å². The first-order valence-corrected chi connectivity index (χ1v) is 9.10. The average molecular weight is 279 g/mol. The van der Waals surface area contributed by atoms with Gasteiger partial charge in [0.15, 0.2) is 0 Å². The van der Waals surface area contributed by atoms with Gasteiger partial charge in [-0.2, -0.15) is 0 Å². The van der Waals surface area contributed by atoms with E-state index in [1.807, 2.05) is 0 Å². The van der Waals surface area contributed by atoms with Crippen molar-refractivity contribution >= 4 is 0 Å². The third-order valence-electron chi connectivity index (χ3n) is 5.72. The van der Waals surface area contributed by atoms with Gasteiger partial charge in [-0.15, -0.1) is 0 Å². The van der Waals surface area contributed by atoms with Crippen LogP contribution in [-0.2, 0) is 0 Å². The van der Waals surface area contributed by atoms with E-state index in [2.05, 4.69) is 22.0 Å². The van der Waals surface area contributed by atoms with E-state index in [9.17, 15) is 0 Å². The van der Waals surface area contributed by atoms with Crippen LogP contribution in [0.1, 0.15) is 58.3 Å². The molecular formula is C17H33N3. The summed E-state index contributed by atoms with van der Waals surface area (Å²) in [6, 6.07) is 2.45. The number of rotatable bonds is 4. The molecule has 1 N–H and O–H groups in total. The number of nitrogens with zero attached hydrogens (tertiary/aromatic N) is 2. The maximum Gasteiger partial charge on any atom is 0.0250 e. The molecule has 116 valence electrons. The molecule has 3 atom stereocenters. The van der Waals surface area contributed by atoms with E-state index < -0.39 is 0 Å². The monoisotopic (exact) mass is 279 g/mol. The Bertz CT molecular complexity index is 294. The molecule has 3 heteroatoms. The second kappa shape index (κ2) is 7.24. The van der Waals surface area contributed by atoms with Crippen molar-refractivity contribution < 1.29 is 0 Å². The number of nitrogens with one attached hydrogen (secondary N) is 1. The quantitative estimate of drug-likeness (QED) is 0.853. The first-order valence-electron chi connectivity index (χ1n) is 9.10. The summed E-state index contributed by atoms with van der Waals surface area (Å²) in [6.07, 6.45) is 11.3. The minimum Gasteiger partial charge on any atom is -0.312 e. The summed E-state index contributed by atoms with van der Waals surface area (Å²) in [5.74, 6) is 0. The molecule has 2 saturated heterocycles. The Morgan fingerprint density at radius 3 is 2.60 bits per heavy atom. The second-order valence-electron chi connectivity index (χ2n) is 7.09. The van der Waals surface area contributed by atoms with Gasteiger partial charge in [0.05, 0.1) is 0 Å². The third-order valence-corrected chi connectivity index (χ3v) is 5.72. The first-order chi connectivity index (χ1) is 9.88. The Balaban J connectivity index is 1.58. The van der Waals surface area contributed by atoms with Gasteiger partial charge in [0.2, 0.25) is 0 Å². The van der Waals surface area contributed by atoms with Crippen molar-refractivity contribution in [1.82, 2.24) is 15.1 Å². The zero-order chi connectivity index (χ0) is 13.8. The summed E-state index contributed by atoms with van der Waals surface area (Å²) in [6.45, 7) is 8.82. The number of piperazine rings is 1. The lowest BCUT2D eigenvalue weighted by Crippen LogP contribution is -2.61. The molecule has 0 radical (unpaired) electrons. The molecule has 0 bridgehead atoms. The molecule has 3 rings (SSSR count). The minimum absolute atomic E-state index is 0.763. The Labute approximate surface area is 125 Å². The summed E-state index contributed by atoms with van der Waals surface area (Å²) < 4.78 is 0. The van der Waals surface area contributed by atoms with Crippen LogP contribution in [0.4, 0.5) is 0 Å². The maximum atomic E-state index is 3.84. The predicted octanol–water partition coefficient (Wildman–Crippen LogP) is 2.47. The summed E-state index contributed by atoms with van der Waals surface area (Å²) in [4.78, 5) is 5.61. The molecule has 3 nitrogen and oxygen atoms in total. The lowest BCUT2D eigenvalue weighted by Gasteiger charge is -2.49. The molecular weight excluding hydrogens is 246 g/mol. The molecule has 0 spiro atoms. The highest BCUT2D eigenvalue weighted by atomic mass is 15.3. The number of fused-ring (bicyclic) bond motifs is 1. The topological polar surface area (TPSA) is 18.5 Å². The van der Waals surface area contributed by atoms with Gasteiger partial charge >= 0.3 is 0 Å². The van der Waals surface area contributed by atoms with Crippen molar-refractivity contribution in [2.75, 3.05) is 32.7 Å². The molecule has 3 aliphatic rings. The van der Waals surface area contributed by atoms with Crippen molar-refractivity contribution in [1.29, 1.82) is 0 Å². The zero-order valence-electron chi connectivity index (χ0n) is 13.3. The summed E-state index contributed by atoms with van der Waals surface area (Å²) >= 11 is 0. The first kappa shape index (κ1) is 14.8. The molecule has 20 heavy (non-hydrogen) atoms. The van der Waals surface area contributed by atoms with E-state index in [1.54, 1.807) is 0 Å². The Kier molecular flexibility index (Phi) is 5.36. The molecule has 0 aromatic rings. The molecule has 1 aliphatic carbocycles. The van der Waals surface area contributed by atoms with Gasteiger partial charge in [-0.1, -0.05) is 26.2 Å². The SMILES string of the molecule is CCCNC1CCCCC1N1CCN2CCCCC2C1. The maximum absolute atomic E-state index is 3.84. The van der Waals surface area contributed by atoms with Crippen LogP contribution in [0, 0.1) is 0 Å². The Morgan fingerprint density at radius 1 is 0.900 bits per heavy atom. The Hall–Kier alpha value is -0.120. The molecule has 2 aliphatic heterocycles. The predicted molar refractivity (Wildman–Crippen MR) is 85.1 cm³/mol. The van der Waals surface area contributed by atoms with Gasteiger partial charge in [-0.3, -0.25) is 9.80 Å². The van der Waals surface area contributed by atoms with Crippen LogP contribution in [-0.4, -0.2) is 60.6 Å². The van der Waals surface area contributed by atoms with Gasteiger partial charge in [-0.25, -0.2) is 0 Å². The van der Waals surface area contributed by atoms with Crippen molar-refractivity contribution in [2.45, 2.75) is 76.4 Å². The standard InChI is InChI=1S/C17H33N3/c1-2-10-18-16-8-3-4-9-17(16)20-13-12-19-11-6-5-7-15(19)14-20/h15-18H,2-14H2,1H3. The van der Waals surface area contributed by atoms with E-state index in [4.69, 9.17) is 0 Å². The van der Waals surface area contributed by atoms with Crippen LogP contribution in [0.25, 0.3) is 0 Å². The van der Waals surface area contributed by atoms with Crippen molar-refractivity contribution in [3.8, 4) is 0 Å². The summed E-state index contributed by atoms with van der Waals surface area (Å²) in [5.41, 5.74) is 0. The van der Waals surface area contributed by atoms with Gasteiger partial charge in [0.1, 0.15) is 0 Å². The van der Waals surface area contributed by atoms with E-state index >= 15 is 0 Å². The number of hydrogen-bond acceptors (Lipinski definition) is 3. The molecule has 0 amide bonds. The molecule has 0 aromatic heterocycles. The molecule has 0 aromatic carbocycles. The highest BCUT2D eigenvalue weighted by Gasteiger charge is 2.35. The van der Waals surface area contributed by atoms with Crippen molar-refractivity contribution in [3.05, 3.63) is 0 Å². The lowest BCUT2D eigenvalue weighted by molar-refractivity contribution is 0.00898. The fourth-order valence-corrected chi connectivity index (χ4v) is 4.60. The van der Waals surface area contributed by atoms with Crippen LogP contribution in [0.5, 0.6) is 0 Å². The smallest absolute Gasteiger partial charge is 0.0250 e. The lowest BCUT2D eigenvalue weighted by atomic mass is 9.87. The molecule has 3 fully saturated rings. The van der Waals surface area contributed by atoms with Crippen molar-refractivity contribution in [3.63, 3.8) is 0 Å². The molecule has 2 heterocycles. The van der Waals surface area contributed by atoms with Crippen LogP contribution in [0.3, 0.4) is 0 Å². The van der Waals surface area contributed by atoms with E-state index in [1.165, 1.54) is 84.1 Å². The minimum atomic E-state index is 0.763. The second-order valence-corrected chi connectivity index (χ2v) is 7.09. The highest BCUT2D eigenvalue weighted by molar-refractivity contribution is 4.93. The van der Waals surface area contributed by atoms with Crippen LogP contribution in [0.15, 0.2) is 0 Å². The number of piperidine rings is 1. The Morgan fingerprint density at radius 2 is 1.70 bits per heavy atom. The fourth-order valence-electron chi connectivity index (χ4n) is 4.60. The molecule has 3 unspecified atom stereocenters. The van der Waals surface area contributed by atoms with Gasteiger partial charge < -0.3 is 5.32 Å². The highest BCUT2D eigenvalue weighted by Crippen LogP contribution is 2.28. The zero-order valence-corrected chi connectivity index (χ0v) is 13.3. The summed E-state index contributed by atoms with van der Waals surface area (Å²) in [5, 5.41) is 3.84. The third kappa shape index (κ3) is 3.37. The number of hydrogen-bond donors (Lipinski definition) is 1. The fraction of sp³-hybridized carbons (Fsp3) is 1.00. The normalized spacial score (nSPS) is 36.8. The van der Waals surface area contributed by atoms with E-state index in [0.717, 1.165) is 18.1 Å². The van der Waals surface area contributed by atoms with Crippen molar-refractivity contribution in [2.24, 2.45) is 0 Å². The molecule has 1 saturated carbocycles. The van der Waals surface area contributed by atoms with Crippen LogP contribution >= 0.6 is 0 Å². The van der Waals surface area contributed by atoms with Gasteiger partial charge in [0, 0.05) is 37.8 Å². The van der Waals surface area contributed by atoms with Crippen LogP contribution < -0.4 is 5.32 Å². The average Bonchev–Trinajstić information content (AvgIpc) is 2.53. The summed E-state index contributed by atoms with van der Waals surface area (Å²) in [7, 11) is 0. The largest absolute Gasteiger partial charge is 0.312 e. The van der Waals surface area contributed by atoms with E-state index in [-0.39, 0.29) is 0 Å². The van der Waals surface area contributed by atoms with E-state index in [0.29, 0.717) is 0 Å². The van der Waals surface area contributed by atoms with Crippen LogP contribution in [0.2, 0.25) is 0 Å².